The van der Waals surface area contributed by atoms with Gasteiger partial charge in [-0.05, 0) is 60.4 Å². The van der Waals surface area contributed by atoms with Gasteiger partial charge in [0.05, 0.1) is 14.2 Å². The van der Waals surface area contributed by atoms with E-state index in [1.807, 2.05) is 74.5 Å². The van der Waals surface area contributed by atoms with E-state index in [2.05, 4.69) is 5.32 Å². The Morgan fingerprint density at radius 3 is 2.26 bits per heavy atom. The maximum atomic E-state index is 12.4. The van der Waals surface area contributed by atoms with Gasteiger partial charge in [-0.2, -0.15) is 0 Å². The van der Waals surface area contributed by atoms with Gasteiger partial charge in [-0.3, -0.25) is 4.79 Å². The second kappa shape index (κ2) is 10.3. The number of hydrogen-bond donors (Lipinski definition) is 1. The first kappa shape index (κ1) is 22.0. The number of anilines is 1. The molecule has 0 aromatic heterocycles. The summed E-state index contributed by atoms with van der Waals surface area (Å²) in [6.45, 7) is 4.39. The molecule has 1 amide bonds. The van der Waals surface area contributed by atoms with Crippen molar-refractivity contribution in [3.05, 3.63) is 89.0 Å². The van der Waals surface area contributed by atoms with E-state index in [-0.39, 0.29) is 5.91 Å². The fourth-order valence-corrected chi connectivity index (χ4v) is 3.10. The van der Waals surface area contributed by atoms with E-state index < -0.39 is 0 Å². The molecule has 0 heterocycles. The number of rotatable bonds is 8. The topological polar surface area (TPSA) is 56.8 Å². The van der Waals surface area contributed by atoms with Crippen LogP contribution in [0, 0.1) is 13.8 Å². The van der Waals surface area contributed by atoms with Crippen molar-refractivity contribution in [1.29, 1.82) is 0 Å². The summed E-state index contributed by atoms with van der Waals surface area (Å²) < 4.78 is 17.0. The summed E-state index contributed by atoms with van der Waals surface area (Å²) in [7, 11) is 3.15. The lowest BCUT2D eigenvalue weighted by Gasteiger charge is -2.15. The predicted molar refractivity (Wildman–Crippen MR) is 124 cm³/mol. The number of ether oxygens (including phenoxy) is 3. The highest BCUT2D eigenvalue weighted by Crippen LogP contribution is 2.39. The monoisotopic (exact) mass is 417 g/mol. The van der Waals surface area contributed by atoms with Crippen LogP contribution in [0.2, 0.25) is 0 Å². The highest BCUT2D eigenvalue weighted by atomic mass is 16.5. The van der Waals surface area contributed by atoms with E-state index in [1.165, 1.54) is 6.08 Å². The SMILES string of the molecule is COc1cc(C=CC(=O)Nc2cccc(C)c2C)cc(OC)c1OCc1ccccc1. The molecule has 1 N–H and O–H groups in total. The van der Waals surface area contributed by atoms with Crippen molar-refractivity contribution in [1.82, 2.24) is 0 Å². The molecule has 0 radical (unpaired) electrons. The first-order valence-electron chi connectivity index (χ1n) is 10.00. The normalized spacial score (nSPS) is 10.7. The number of carbonyl (C=O) groups is 1. The highest BCUT2D eigenvalue weighted by Gasteiger charge is 2.14. The van der Waals surface area contributed by atoms with Gasteiger partial charge in [-0.25, -0.2) is 0 Å². The first-order chi connectivity index (χ1) is 15.0. The Hall–Kier alpha value is -3.73. The van der Waals surface area contributed by atoms with Crippen LogP contribution in [0.3, 0.4) is 0 Å². The minimum atomic E-state index is -0.212. The van der Waals surface area contributed by atoms with Crippen molar-refractivity contribution in [3.8, 4) is 17.2 Å². The van der Waals surface area contributed by atoms with Crippen LogP contribution in [0.1, 0.15) is 22.3 Å². The number of aryl methyl sites for hydroxylation is 1. The van der Waals surface area contributed by atoms with Crippen molar-refractivity contribution in [2.75, 3.05) is 19.5 Å². The molecule has 3 aromatic carbocycles. The fraction of sp³-hybridized carbons (Fsp3) is 0.192. The first-order valence-corrected chi connectivity index (χ1v) is 10.00. The summed E-state index contributed by atoms with van der Waals surface area (Å²) in [6.07, 6.45) is 3.20. The molecule has 0 aliphatic rings. The lowest BCUT2D eigenvalue weighted by atomic mass is 10.1. The zero-order valence-electron chi connectivity index (χ0n) is 18.3. The van der Waals surface area contributed by atoms with Crippen LogP contribution in [0.4, 0.5) is 5.69 Å². The van der Waals surface area contributed by atoms with Crippen molar-refractivity contribution in [2.24, 2.45) is 0 Å². The molecule has 31 heavy (non-hydrogen) atoms. The van der Waals surface area contributed by atoms with Crippen LogP contribution in [0.25, 0.3) is 6.08 Å². The molecule has 3 aromatic rings. The molecule has 0 unspecified atom stereocenters. The third-order valence-electron chi connectivity index (χ3n) is 5.00. The molecule has 0 bridgehead atoms. The zero-order chi connectivity index (χ0) is 22.2. The molecular weight excluding hydrogens is 390 g/mol. The number of hydrogen-bond acceptors (Lipinski definition) is 4. The number of nitrogens with one attached hydrogen (secondary N) is 1. The summed E-state index contributed by atoms with van der Waals surface area (Å²) in [6, 6.07) is 19.3. The third-order valence-corrected chi connectivity index (χ3v) is 5.00. The predicted octanol–water partition coefficient (Wildman–Crippen LogP) is 5.55. The van der Waals surface area contributed by atoms with Gasteiger partial charge in [0, 0.05) is 11.8 Å². The maximum Gasteiger partial charge on any atom is 0.248 e. The molecule has 0 saturated carbocycles. The Kier molecular flexibility index (Phi) is 7.33. The van der Waals surface area contributed by atoms with Crippen LogP contribution in [0.5, 0.6) is 17.2 Å². The van der Waals surface area contributed by atoms with Gasteiger partial charge in [0.1, 0.15) is 6.61 Å². The van der Waals surface area contributed by atoms with Gasteiger partial charge < -0.3 is 19.5 Å². The molecule has 0 aliphatic carbocycles. The van der Waals surface area contributed by atoms with Gasteiger partial charge >= 0.3 is 0 Å². The Morgan fingerprint density at radius 2 is 1.61 bits per heavy atom. The molecule has 5 heteroatoms. The summed E-state index contributed by atoms with van der Waals surface area (Å²) >= 11 is 0. The minimum absolute atomic E-state index is 0.212. The fourth-order valence-electron chi connectivity index (χ4n) is 3.10. The standard InChI is InChI=1S/C26H27NO4/c1-18-9-8-12-22(19(18)2)27-25(28)14-13-21-15-23(29-3)26(24(16-21)30-4)31-17-20-10-6-5-7-11-20/h5-16H,17H2,1-4H3,(H,27,28). The zero-order valence-corrected chi connectivity index (χ0v) is 18.3. The van der Waals surface area contributed by atoms with E-state index in [0.717, 1.165) is 27.9 Å². The lowest BCUT2D eigenvalue weighted by molar-refractivity contribution is -0.111. The van der Waals surface area contributed by atoms with Crippen LogP contribution in [0.15, 0.2) is 66.7 Å². The van der Waals surface area contributed by atoms with E-state index in [4.69, 9.17) is 14.2 Å². The second-order valence-electron chi connectivity index (χ2n) is 7.10. The van der Waals surface area contributed by atoms with Gasteiger partial charge in [0.25, 0.3) is 0 Å². The average Bonchev–Trinajstić information content (AvgIpc) is 2.79. The molecule has 0 saturated heterocycles. The lowest BCUT2D eigenvalue weighted by Crippen LogP contribution is -2.09. The third kappa shape index (κ3) is 5.66. The van der Waals surface area contributed by atoms with Crippen LogP contribution >= 0.6 is 0 Å². The van der Waals surface area contributed by atoms with Crippen LogP contribution < -0.4 is 19.5 Å². The summed E-state index contributed by atoms with van der Waals surface area (Å²) in [4.78, 5) is 12.4. The highest BCUT2D eigenvalue weighted by molar-refractivity contribution is 6.02. The van der Waals surface area contributed by atoms with Crippen molar-refractivity contribution in [3.63, 3.8) is 0 Å². The number of amides is 1. The quantitative estimate of drug-likeness (QED) is 0.488. The number of carbonyl (C=O) groups excluding carboxylic acids is 1. The number of methoxy groups -OCH3 is 2. The van der Waals surface area contributed by atoms with Gasteiger partial charge in [-0.15, -0.1) is 0 Å². The molecule has 0 aliphatic heterocycles. The summed E-state index contributed by atoms with van der Waals surface area (Å²) in [5.41, 5.74) is 4.78. The molecule has 3 rings (SSSR count). The molecular formula is C26H27NO4. The van der Waals surface area contributed by atoms with Crippen molar-refractivity contribution >= 4 is 17.7 Å². The molecule has 0 atom stereocenters. The molecule has 0 fully saturated rings. The van der Waals surface area contributed by atoms with Crippen LogP contribution in [-0.2, 0) is 11.4 Å². The Morgan fingerprint density at radius 1 is 0.935 bits per heavy atom. The Balaban J connectivity index is 1.76. The minimum Gasteiger partial charge on any atom is -0.493 e. The average molecular weight is 418 g/mol. The summed E-state index contributed by atoms with van der Waals surface area (Å²) in [5.74, 6) is 1.37. The van der Waals surface area contributed by atoms with Gasteiger partial charge in [-0.1, -0.05) is 42.5 Å². The van der Waals surface area contributed by atoms with E-state index in [1.54, 1.807) is 20.3 Å². The van der Waals surface area contributed by atoms with Gasteiger partial charge in [0.2, 0.25) is 11.7 Å². The maximum absolute atomic E-state index is 12.4. The van der Waals surface area contributed by atoms with E-state index >= 15 is 0 Å². The number of benzene rings is 3. The Labute approximate surface area is 183 Å². The Bertz CT molecular complexity index is 1050. The smallest absolute Gasteiger partial charge is 0.248 e. The largest absolute Gasteiger partial charge is 0.493 e. The van der Waals surface area contributed by atoms with Crippen LogP contribution in [-0.4, -0.2) is 20.1 Å². The van der Waals surface area contributed by atoms with Gasteiger partial charge in [0.15, 0.2) is 11.5 Å². The molecule has 5 nitrogen and oxygen atoms in total. The molecule has 160 valence electrons. The summed E-state index contributed by atoms with van der Waals surface area (Å²) in [5, 5.41) is 2.92. The van der Waals surface area contributed by atoms with Crippen molar-refractivity contribution in [2.45, 2.75) is 20.5 Å². The second-order valence-corrected chi connectivity index (χ2v) is 7.10. The van der Waals surface area contributed by atoms with Crippen molar-refractivity contribution < 1.29 is 19.0 Å². The van der Waals surface area contributed by atoms with E-state index in [0.29, 0.717) is 23.9 Å². The molecule has 0 spiro atoms. The van der Waals surface area contributed by atoms with E-state index in [9.17, 15) is 4.79 Å².